The summed E-state index contributed by atoms with van der Waals surface area (Å²) in [6.07, 6.45) is 5.57. The molecule has 0 unspecified atom stereocenters. The van der Waals surface area contributed by atoms with Gasteiger partial charge < -0.3 is 39.9 Å². The van der Waals surface area contributed by atoms with Gasteiger partial charge in [-0.25, -0.2) is 24.5 Å². The Morgan fingerprint density at radius 1 is 0.672 bits per heavy atom. The number of aromatic amines is 2. The predicted molar refractivity (Wildman–Crippen MR) is 218 cm³/mol. The molecule has 15 heteroatoms. The number of alkyl carbamates (subject to hydrolysis) is 2. The van der Waals surface area contributed by atoms with E-state index in [9.17, 15) is 19.2 Å². The van der Waals surface area contributed by atoms with Gasteiger partial charge >= 0.3 is 12.2 Å². The maximum absolute atomic E-state index is 13.6. The Balaban J connectivity index is 1.02. The summed E-state index contributed by atoms with van der Waals surface area (Å²) in [6.45, 7) is 8.77. The summed E-state index contributed by atoms with van der Waals surface area (Å²) in [5.74, 6) is 0.918. The summed E-state index contributed by atoms with van der Waals surface area (Å²) in [5, 5.41) is 6.37. The quantitative estimate of drug-likeness (QED) is 0.112. The number of likely N-dealkylation sites (tertiary alicyclic amines) is 2. The van der Waals surface area contributed by atoms with Crippen molar-refractivity contribution in [3.05, 3.63) is 78.6 Å². The van der Waals surface area contributed by atoms with Crippen LogP contribution in [0.2, 0.25) is 0 Å². The molecule has 3 aromatic heterocycles. The Kier molecular flexibility index (Phi) is 11.8. The predicted octanol–water partition coefficient (Wildman–Crippen LogP) is 6.77. The molecular weight excluding hydrogens is 739 g/mol. The van der Waals surface area contributed by atoms with Crippen LogP contribution in [0, 0.1) is 11.8 Å². The molecule has 0 aliphatic carbocycles. The average molecular weight is 790 g/mol. The topological polar surface area (TPSA) is 188 Å². The lowest BCUT2D eigenvalue weighted by molar-refractivity contribution is -0.136. The van der Waals surface area contributed by atoms with E-state index in [1.165, 1.54) is 14.2 Å². The van der Waals surface area contributed by atoms with Gasteiger partial charge in [-0.15, -0.1) is 0 Å². The number of H-pyrrole nitrogens is 2. The molecule has 58 heavy (non-hydrogen) atoms. The fourth-order valence-corrected chi connectivity index (χ4v) is 7.97. The highest BCUT2D eigenvalue weighted by Crippen LogP contribution is 2.35. The molecule has 15 nitrogen and oxygen atoms in total. The van der Waals surface area contributed by atoms with Crippen molar-refractivity contribution >= 4 is 34.9 Å². The third kappa shape index (κ3) is 8.25. The summed E-state index contributed by atoms with van der Waals surface area (Å²) < 4.78 is 9.52. The zero-order chi connectivity index (χ0) is 41.1. The molecule has 2 aliphatic heterocycles. The van der Waals surface area contributed by atoms with Crippen molar-refractivity contribution in [2.24, 2.45) is 11.8 Å². The van der Waals surface area contributed by atoms with Gasteiger partial charge in [0.25, 0.3) is 0 Å². The Labute approximate surface area is 337 Å². The van der Waals surface area contributed by atoms with E-state index in [0.29, 0.717) is 24.7 Å². The molecule has 0 spiro atoms. The minimum absolute atomic E-state index is 0.109. The highest BCUT2D eigenvalue weighted by atomic mass is 16.5. The Bertz CT molecular complexity index is 2280. The van der Waals surface area contributed by atoms with E-state index < -0.39 is 24.3 Å². The minimum atomic E-state index is -0.695. The first-order chi connectivity index (χ1) is 27.9. The Morgan fingerprint density at radius 2 is 1.16 bits per heavy atom. The molecule has 4 atom stereocenters. The fourth-order valence-electron chi connectivity index (χ4n) is 7.97. The van der Waals surface area contributed by atoms with Gasteiger partial charge in [-0.3, -0.25) is 9.59 Å². The first-order valence-corrected chi connectivity index (χ1v) is 19.9. The normalized spacial score (nSPS) is 17.8. The van der Waals surface area contributed by atoms with Gasteiger partial charge in [-0.2, -0.15) is 0 Å². The second-order valence-corrected chi connectivity index (χ2v) is 15.6. The van der Waals surface area contributed by atoms with Gasteiger partial charge in [0.1, 0.15) is 23.7 Å². The molecule has 2 saturated heterocycles. The number of imidazole rings is 2. The number of fused-ring (bicyclic) bond motifs is 1. The molecule has 2 fully saturated rings. The number of benzene rings is 2. The number of nitrogens with one attached hydrogen (secondary N) is 4. The molecule has 0 saturated carbocycles. The van der Waals surface area contributed by atoms with Crippen LogP contribution >= 0.6 is 0 Å². The molecule has 4 N–H and O–H groups in total. The summed E-state index contributed by atoms with van der Waals surface area (Å²) in [6, 6.07) is 16.5. The molecule has 0 radical (unpaired) electrons. The minimum Gasteiger partial charge on any atom is -0.453 e. The number of carbonyl (C=O) groups excluding carboxylic acids is 4. The van der Waals surface area contributed by atoms with Crippen LogP contribution in [-0.4, -0.2) is 98.1 Å². The molecule has 5 aromatic rings. The van der Waals surface area contributed by atoms with Gasteiger partial charge in [0.05, 0.1) is 61.3 Å². The smallest absolute Gasteiger partial charge is 0.407 e. The molecule has 4 amide bonds. The standard InChI is InChI=1S/C43H51N9O6/c1-24(2)36(49-42(55)57-5)40(53)51-19-7-9-34(51)38-44-22-32(47-38)27-13-11-26(12-14-27)30-17-15-28-21-29(16-18-31(28)46-30)33-23-45-39(48-33)35-10-8-20-52(35)41(54)37(25(3)4)50-43(56)58-6/h11-18,21-25,34-37H,7-10,19-20H2,1-6H3,(H,44,47)(H,45,48)(H,49,55)(H,50,56)/t34-,35+,36-,37+/m1/s1. The Hall–Kier alpha value is -6.25. The summed E-state index contributed by atoms with van der Waals surface area (Å²) in [4.78, 5) is 75.9. The van der Waals surface area contributed by atoms with E-state index in [-0.39, 0.29) is 35.7 Å². The molecular formula is C43H51N9O6. The van der Waals surface area contributed by atoms with Crippen LogP contribution in [0.4, 0.5) is 9.59 Å². The maximum Gasteiger partial charge on any atom is 0.407 e. The van der Waals surface area contributed by atoms with E-state index in [0.717, 1.165) is 70.4 Å². The number of carbonyl (C=O) groups is 4. The van der Waals surface area contributed by atoms with Crippen LogP contribution in [-0.2, 0) is 19.1 Å². The van der Waals surface area contributed by atoms with Gasteiger partial charge in [-0.1, -0.05) is 64.1 Å². The van der Waals surface area contributed by atoms with Crippen LogP contribution in [0.1, 0.15) is 77.1 Å². The monoisotopic (exact) mass is 789 g/mol. The third-order valence-corrected chi connectivity index (χ3v) is 11.2. The zero-order valence-electron chi connectivity index (χ0n) is 33.7. The van der Waals surface area contributed by atoms with Gasteiger partial charge in [0.15, 0.2) is 0 Å². The van der Waals surface area contributed by atoms with Crippen LogP contribution in [0.3, 0.4) is 0 Å². The Morgan fingerprint density at radius 3 is 1.66 bits per heavy atom. The van der Waals surface area contributed by atoms with Crippen molar-refractivity contribution in [2.75, 3.05) is 27.3 Å². The van der Waals surface area contributed by atoms with Crippen LogP contribution in [0.25, 0.3) is 44.7 Å². The SMILES string of the molecule is COC(=O)N[C@H](C(=O)N1CCC[C@H]1c1ncc(-c2ccc3nc(-c4ccc(-c5cnc([C@H]6CCCN6C(=O)[C@H](NC(=O)OC)C(C)C)[nH]5)cc4)ccc3c2)[nH]1)C(C)C. The lowest BCUT2D eigenvalue weighted by Crippen LogP contribution is -2.51. The van der Waals surface area contributed by atoms with E-state index in [4.69, 9.17) is 19.4 Å². The number of ether oxygens (including phenoxy) is 2. The molecule has 304 valence electrons. The molecule has 0 bridgehead atoms. The number of pyridine rings is 1. The summed E-state index contributed by atoms with van der Waals surface area (Å²) >= 11 is 0. The average Bonchev–Trinajstić information content (AvgIpc) is 4.07. The zero-order valence-corrected chi connectivity index (χ0v) is 33.7. The number of aromatic nitrogens is 5. The van der Waals surface area contributed by atoms with Crippen molar-refractivity contribution in [2.45, 2.75) is 77.5 Å². The van der Waals surface area contributed by atoms with Crippen LogP contribution < -0.4 is 10.6 Å². The number of nitrogens with zero attached hydrogens (tertiary/aromatic N) is 5. The number of rotatable bonds is 11. The molecule has 7 rings (SSSR count). The van der Waals surface area contributed by atoms with Crippen molar-refractivity contribution in [3.63, 3.8) is 0 Å². The van der Waals surface area contributed by atoms with E-state index in [2.05, 4.69) is 37.7 Å². The molecule has 2 aliphatic rings. The number of amides is 4. The van der Waals surface area contributed by atoms with Crippen molar-refractivity contribution in [1.82, 2.24) is 45.4 Å². The van der Waals surface area contributed by atoms with Crippen LogP contribution in [0.5, 0.6) is 0 Å². The highest BCUT2D eigenvalue weighted by Gasteiger charge is 2.39. The van der Waals surface area contributed by atoms with Crippen LogP contribution in [0.15, 0.2) is 67.0 Å². The van der Waals surface area contributed by atoms with Crippen molar-refractivity contribution < 1.29 is 28.7 Å². The van der Waals surface area contributed by atoms with E-state index in [1.54, 1.807) is 22.2 Å². The van der Waals surface area contributed by atoms with Gasteiger partial charge in [-0.05, 0) is 61.3 Å². The first-order valence-electron chi connectivity index (χ1n) is 19.9. The van der Waals surface area contributed by atoms with Crippen molar-refractivity contribution in [3.8, 4) is 33.8 Å². The van der Waals surface area contributed by atoms with Gasteiger partial charge in [0, 0.05) is 29.6 Å². The second kappa shape index (κ2) is 17.1. The fraction of sp³-hybridized carbons (Fsp3) is 0.419. The van der Waals surface area contributed by atoms with E-state index >= 15 is 0 Å². The summed E-state index contributed by atoms with van der Waals surface area (Å²) in [5.41, 5.74) is 6.26. The third-order valence-electron chi connectivity index (χ3n) is 11.2. The lowest BCUT2D eigenvalue weighted by atomic mass is 10.0. The summed E-state index contributed by atoms with van der Waals surface area (Å²) in [7, 11) is 2.58. The molecule has 5 heterocycles. The van der Waals surface area contributed by atoms with Gasteiger partial charge in [0.2, 0.25) is 11.8 Å². The number of methoxy groups -OCH3 is 2. The number of hydrogen-bond acceptors (Lipinski definition) is 9. The second-order valence-electron chi connectivity index (χ2n) is 15.6. The number of hydrogen-bond donors (Lipinski definition) is 4. The van der Waals surface area contributed by atoms with E-state index in [1.807, 2.05) is 70.2 Å². The highest BCUT2D eigenvalue weighted by molar-refractivity contribution is 5.88. The molecule has 2 aromatic carbocycles. The lowest BCUT2D eigenvalue weighted by Gasteiger charge is -2.30. The largest absolute Gasteiger partial charge is 0.453 e. The van der Waals surface area contributed by atoms with Crippen molar-refractivity contribution in [1.29, 1.82) is 0 Å². The first kappa shape index (κ1) is 40.0. The maximum atomic E-state index is 13.6.